The molecule has 1 atom stereocenters. The van der Waals surface area contributed by atoms with Crippen molar-refractivity contribution in [3.05, 3.63) is 11.6 Å². The van der Waals surface area contributed by atoms with Crippen molar-refractivity contribution < 1.29 is 27.6 Å². The van der Waals surface area contributed by atoms with Crippen molar-refractivity contribution in [2.24, 2.45) is 0 Å². The van der Waals surface area contributed by atoms with Crippen LogP contribution in [0.15, 0.2) is 11.6 Å². The largest absolute Gasteiger partial charge is 0.368 e. The average molecular weight is 440 g/mol. The molecule has 0 aliphatic carbocycles. The van der Waals surface area contributed by atoms with E-state index >= 15 is 0 Å². The van der Waals surface area contributed by atoms with Gasteiger partial charge in [-0.3, -0.25) is 9.13 Å². The van der Waals surface area contributed by atoms with E-state index in [1.54, 1.807) is 0 Å². The fraction of sp³-hybridized carbons (Fsp3) is 0.900. The van der Waals surface area contributed by atoms with Gasteiger partial charge in [0.15, 0.2) is 0 Å². The third-order valence-electron chi connectivity index (χ3n) is 4.42. The van der Waals surface area contributed by atoms with E-state index in [9.17, 15) is 14.0 Å². The second-order valence-electron chi connectivity index (χ2n) is 7.12. The first-order chi connectivity index (χ1) is 13.3. The lowest BCUT2D eigenvalue weighted by molar-refractivity contribution is 0.202. The molecule has 1 N–H and O–H groups in total. The molecule has 0 bridgehead atoms. The highest BCUT2D eigenvalue weighted by Gasteiger charge is 2.41. The van der Waals surface area contributed by atoms with Gasteiger partial charge in [-0.25, -0.2) is 0 Å². The summed E-state index contributed by atoms with van der Waals surface area (Å²) < 4.78 is 41.9. The van der Waals surface area contributed by atoms with Gasteiger partial charge in [0.1, 0.15) is 5.06 Å². The summed E-state index contributed by atoms with van der Waals surface area (Å²) in [6.45, 7) is 10.4. The molecule has 0 rings (SSSR count). The third kappa shape index (κ3) is 12.6. The average Bonchev–Trinajstić information content (AvgIpc) is 2.67. The quantitative estimate of drug-likeness (QED) is 0.155. The molecule has 0 aromatic heterocycles. The monoisotopic (exact) mass is 440 g/mol. The third-order valence-corrected chi connectivity index (χ3v) is 8.78. The molecule has 8 heteroatoms. The zero-order valence-corrected chi connectivity index (χ0v) is 20.0. The van der Waals surface area contributed by atoms with Gasteiger partial charge in [0, 0.05) is 0 Å². The van der Waals surface area contributed by atoms with Crippen LogP contribution >= 0.6 is 15.2 Å². The standard InChI is InChI=1S/C20H42O6P2/c1-5-8-11-14-17-24-27(21,22)20(4)28(23,25-18-15-12-9-6-2)26-19-16-13-10-7-3/h4-19H2,1-3H3,(H,21,22). The Hall–Kier alpha value is 0.0400. The summed E-state index contributed by atoms with van der Waals surface area (Å²) in [5.41, 5.74) is 0. The number of rotatable bonds is 20. The lowest BCUT2D eigenvalue weighted by atomic mass is 10.2. The number of unbranched alkanes of at least 4 members (excludes halogenated alkanes) is 9. The van der Waals surface area contributed by atoms with Crippen molar-refractivity contribution in [2.75, 3.05) is 19.8 Å². The predicted octanol–water partition coefficient (Wildman–Crippen LogP) is 7.63. The Kier molecular flexibility index (Phi) is 16.8. The summed E-state index contributed by atoms with van der Waals surface area (Å²) in [5, 5.41) is -0.443. The molecule has 0 spiro atoms. The van der Waals surface area contributed by atoms with Crippen LogP contribution in [0.1, 0.15) is 97.8 Å². The molecule has 0 aromatic rings. The Morgan fingerprint density at radius 1 is 0.679 bits per heavy atom. The van der Waals surface area contributed by atoms with Crippen molar-refractivity contribution >= 4 is 15.2 Å². The van der Waals surface area contributed by atoms with E-state index in [4.69, 9.17) is 13.6 Å². The van der Waals surface area contributed by atoms with Gasteiger partial charge < -0.3 is 18.5 Å². The predicted molar refractivity (Wildman–Crippen MR) is 117 cm³/mol. The van der Waals surface area contributed by atoms with Crippen LogP contribution < -0.4 is 0 Å². The Morgan fingerprint density at radius 2 is 1.04 bits per heavy atom. The molecule has 168 valence electrons. The smallest absolute Gasteiger partial charge is 0.321 e. The summed E-state index contributed by atoms with van der Waals surface area (Å²) in [6, 6.07) is 0. The fourth-order valence-electron chi connectivity index (χ4n) is 2.56. The van der Waals surface area contributed by atoms with Crippen molar-refractivity contribution in [3.63, 3.8) is 0 Å². The van der Waals surface area contributed by atoms with E-state index in [-0.39, 0.29) is 19.8 Å². The number of hydrogen-bond donors (Lipinski definition) is 1. The molecule has 1 unspecified atom stereocenters. The van der Waals surface area contributed by atoms with Crippen LogP contribution in [0.25, 0.3) is 0 Å². The van der Waals surface area contributed by atoms with Gasteiger partial charge >= 0.3 is 15.2 Å². The second-order valence-corrected chi connectivity index (χ2v) is 11.4. The first-order valence-corrected chi connectivity index (χ1v) is 14.0. The summed E-state index contributed by atoms with van der Waals surface area (Å²) in [4.78, 5) is 10.3. The molecular formula is C20H42O6P2. The fourth-order valence-corrected chi connectivity index (χ4v) is 5.95. The molecule has 0 radical (unpaired) electrons. The lowest BCUT2D eigenvalue weighted by Crippen LogP contribution is -2.04. The minimum Gasteiger partial charge on any atom is -0.321 e. The molecule has 0 saturated heterocycles. The van der Waals surface area contributed by atoms with Crippen molar-refractivity contribution in [3.8, 4) is 0 Å². The molecule has 0 heterocycles. The second kappa shape index (κ2) is 16.8. The Morgan fingerprint density at radius 3 is 1.39 bits per heavy atom. The summed E-state index contributed by atoms with van der Waals surface area (Å²) in [7, 11) is -8.21. The first-order valence-electron chi connectivity index (χ1n) is 10.9. The zero-order chi connectivity index (χ0) is 21.3. The highest BCUT2D eigenvalue weighted by molar-refractivity contribution is 7.78. The summed E-state index contributed by atoms with van der Waals surface area (Å²) in [5.74, 6) is 0. The minimum atomic E-state index is -4.28. The molecule has 0 aliphatic rings. The Labute approximate surface area is 172 Å². The van der Waals surface area contributed by atoms with Gasteiger partial charge in [-0.1, -0.05) is 85.1 Å². The Bertz CT molecular complexity index is 477. The van der Waals surface area contributed by atoms with Crippen molar-refractivity contribution in [2.45, 2.75) is 97.8 Å². The van der Waals surface area contributed by atoms with Crippen LogP contribution in [-0.4, -0.2) is 24.7 Å². The van der Waals surface area contributed by atoms with Crippen molar-refractivity contribution in [1.29, 1.82) is 0 Å². The van der Waals surface area contributed by atoms with Crippen LogP contribution in [0.3, 0.4) is 0 Å². The summed E-state index contributed by atoms with van der Waals surface area (Å²) in [6.07, 6.45) is 11.3. The van der Waals surface area contributed by atoms with E-state index < -0.39 is 20.2 Å². The number of hydrogen-bond acceptors (Lipinski definition) is 5. The first kappa shape index (κ1) is 28.0. The topological polar surface area (TPSA) is 82.1 Å². The summed E-state index contributed by atoms with van der Waals surface area (Å²) >= 11 is 0. The SMILES string of the molecule is C=C(P(=O)(O)OCCCCCC)P(=O)(OCCCCCC)OCCCCCC. The van der Waals surface area contributed by atoms with Crippen LogP contribution in [0.5, 0.6) is 0 Å². The Balaban J connectivity index is 4.79. The molecule has 6 nitrogen and oxygen atoms in total. The van der Waals surface area contributed by atoms with Crippen LogP contribution in [0.4, 0.5) is 0 Å². The molecule has 28 heavy (non-hydrogen) atoms. The van der Waals surface area contributed by atoms with Gasteiger partial charge in [-0.05, 0) is 19.3 Å². The maximum Gasteiger partial charge on any atom is 0.368 e. The van der Waals surface area contributed by atoms with Crippen LogP contribution in [-0.2, 0) is 22.7 Å². The normalized spacial score (nSPS) is 14.1. The molecule has 0 aromatic carbocycles. The van der Waals surface area contributed by atoms with E-state index in [1.807, 2.05) is 0 Å². The maximum atomic E-state index is 13.2. The molecule has 0 amide bonds. The maximum absolute atomic E-state index is 13.2. The van der Waals surface area contributed by atoms with Gasteiger partial charge in [-0.2, -0.15) is 0 Å². The molecule has 0 fully saturated rings. The van der Waals surface area contributed by atoms with Gasteiger partial charge in [0.05, 0.1) is 19.8 Å². The van der Waals surface area contributed by atoms with E-state index in [2.05, 4.69) is 27.4 Å². The van der Waals surface area contributed by atoms with E-state index in [0.717, 1.165) is 70.6 Å². The van der Waals surface area contributed by atoms with Crippen molar-refractivity contribution in [1.82, 2.24) is 0 Å². The highest BCUT2D eigenvalue weighted by atomic mass is 31.2. The molecular weight excluding hydrogens is 398 g/mol. The van der Waals surface area contributed by atoms with Crippen LogP contribution in [0, 0.1) is 0 Å². The van der Waals surface area contributed by atoms with Gasteiger partial charge in [0.25, 0.3) is 0 Å². The molecule has 0 aliphatic heterocycles. The van der Waals surface area contributed by atoms with E-state index in [1.165, 1.54) is 0 Å². The molecule has 0 saturated carbocycles. The highest BCUT2D eigenvalue weighted by Crippen LogP contribution is 2.71. The van der Waals surface area contributed by atoms with Gasteiger partial charge in [-0.15, -0.1) is 0 Å². The minimum absolute atomic E-state index is 0.125. The van der Waals surface area contributed by atoms with E-state index in [0.29, 0.717) is 6.42 Å². The lowest BCUT2D eigenvalue weighted by Gasteiger charge is -2.23. The zero-order valence-electron chi connectivity index (χ0n) is 18.2. The van der Waals surface area contributed by atoms with Crippen LogP contribution in [0.2, 0.25) is 0 Å². The van der Waals surface area contributed by atoms with Gasteiger partial charge in [0.2, 0.25) is 0 Å².